The Morgan fingerprint density at radius 1 is 1.00 bits per heavy atom. The molecule has 1 saturated heterocycles. The normalized spacial score (nSPS) is 23.7. The summed E-state index contributed by atoms with van der Waals surface area (Å²) in [6.07, 6.45) is 5.31. The predicted molar refractivity (Wildman–Crippen MR) is 97.9 cm³/mol. The molecule has 5 heteroatoms. The van der Waals surface area contributed by atoms with Gasteiger partial charge in [-0.25, -0.2) is 0 Å². The SMILES string of the molecule is N[C@H]1CCC[C@@H]1C(=O)N1CCN(C(=O)CCCc2ccccc2)CC1. The number of rotatable bonds is 5. The summed E-state index contributed by atoms with van der Waals surface area (Å²) in [7, 11) is 0. The fraction of sp³-hybridized carbons (Fsp3) is 0.600. The van der Waals surface area contributed by atoms with Crippen molar-refractivity contribution in [2.45, 2.75) is 44.6 Å². The second kappa shape index (κ2) is 8.48. The van der Waals surface area contributed by atoms with E-state index in [9.17, 15) is 9.59 Å². The molecule has 1 aliphatic carbocycles. The monoisotopic (exact) mass is 343 g/mol. The van der Waals surface area contributed by atoms with Crippen LogP contribution in [0.5, 0.6) is 0 Å². The highest BCUT2D eigenvalue weighted by Crippen LogP contribution is 2.26. The van der Waals surface area contributed by atoms with E-state index >= 15 is 0 Å². The van der Waals surface area contributed by atoms with Crippen LogP contribution in [0.2, 0.25) is 0 Å². The first kappa shape index (κ1) is 17.9. The Bertz CT molecular complexity index is 582. The summed E-state index contributed by atoms with van der Waals surface area (Å²) in [5, 5.41) is 0. The van der Waals surface area contributed by atoms with E-state index in [1.165, 1.54) is 5.56 Å². The third kappa shape index (κ3) is 4.60. The van der Waals surface area contributed by atoms with Gasteiger partial charge >= 0.3 is 0 Å². The van der Waals surface area contributed by atoms with Gasteiger partial charge in [-0.15, -0.1) is 0 Å². The minimum Gasteiger partial charge on any atom is -0.339 e. The molecule has 0 radical (unpaired) electrons. The molecule has 2 amide bonds. The molecule has 2 fully saturated rings. The van der Waals surface area contributed by atoms with E-state index in [4.69, 9.17) is 5.73 Å². The fourth-order valence-corrected chi connectivity index (χ4v) is 3.95. The van der Waals surface area contributed by atoms with Gasteiger partial charge in [0.05, 0.1) is 5.92 Å². The molecule has 3 rings (SSSR count). The van der Waals surface area contributed by atoms with Gasteiger partial charge in [-0.3, -0.25) is 9.59 Å². The summed E-state index contributed by atoms with van der Waals surface area (Å²) in [4.78, 5) is 28.7. The van der Waals surface area contributed by atoms with Crippen molar-refractivity contribution in [1.29, 1.82) is 0 Å². The first-order valence-electron chi connectivity index (χ1n) is 9.51. The summed E-state index contributed by atoms with van der Waals surface area (Å²) in [5.41, 5.74) is 7.33. The molecule has 0 unspecified atom stereocenters. The number of nitrogens with zero attached hydrogens (tertiary/aromatic N) is 2. The molecule has 136 valence electrons. The van der Waals surface area contributed by atoms with Gasteiger partial charge in [-0.2, -0.15) is 0 Å². The number of aryl methyl sites for hydroxylation is 1. The topological polar surface area (TPSA) is 66.6 Å². The number of amides is 2. The molecule has 0 aromatic heterocycles. The second-order valence-electron chi connectivity index (χ2n) is 7.25. The molecule has 0 bridgehead atoms. The number of nitrogens with two attached hydrogens (primary N) is 1. The lowest BCUT2D eigenvalue weighted by atomic mass is 10.0. The molecule has 1 saturated carbocycles. The largest absolute Gasteiger partial charge is 0.339 e. The van der Waals surface area contributed by atoms with E-state index < -0.39 is 0 Å². The van der Waals surface area contributed by atoms with E-state index in [2.05, 4.69) is 12.1 Å². The Hall–Kier alpha value is -1.88. The highest BCUT2D eigenvalue weighted by atomic mass is 16.2. The number of carbonyl (C=O) groups is 2. The molecule has 25 heavy (non-hydrogen) atoms. The van der Waals surface area contributed by atoms with Gasteiger partial charge in [-0.05, 0) is 31.2 Å². The molecule has 5 nitrogen and oxygen atoms in total. The molecule has 2 atom stereocenters. The number of benzene rings is 1. The molecule has 1 aromatic rings. The average molecular weight is 343 g/mol. The Morgan fingerprint density at radius 3 is 2.32 bits per heavy atom. The van der Waals surface area contributed by atoms with Crippen LogP contribution in [0, 0.1) is 5.92 Å². The van der Waals surface area contributed by atoms with E-state index in [0.717, 1.165) is 32.1 Å². The summed E-state index contributed by atoms with van der Waals surface area (Å²) in [6.45, 7) is 2.59. The maximum absolute atomic E-state index is 12.6. The predicted octanol–water partition coefficient (Wildman–Crippen LogP) is 1.81. The van der Waals surface area contributed by atoms with Crippen LogP contribution in [0.25, 0.3) is 0 Å². The summed E-state index contributed by atoms with van der Waals surface area (Å²) < 4.78 is 0. The van der Waals surface area contributed by atoms with Crippen molar-refractivity contribution < 1.29 is 9.59 Å². The van der Waals surface area contributed by atoms with Crippen LogP contribution < -0.4 is 5.73 Å². The first-order valence-corrected chi connectivity index (χ1v) is 9.51. The van der Waals surface area contributed by atoms with Crippen LogP contribution in [0.1, 0.15) is 37.7 Å². The van der Waals surface area contributed by atoms with Crippen LogP contribution in [0.4, 0.5) is 0 Å². The lowest BCUT2D eigenvalue weighted by Gasteiger charge is -2.36. The Labute approximate surface area is 150 Å². The zero-order valence-electron chi connectivity index (χ0n) is 14.9. The highest BCUT2D eigenvalue weighted by molar-refractivity contribution is 5.81. The molecule has 1 heterocycles. The van der Waals surface area contributed by atoms with E-state index in [1.807, 2.05) is 28.0 Å². The van der Waals surface area contributed by atoms with Crippen molar-refractivity contribution in [2.75, 3.05) is 26.2 Å². The van der Waals surface area contributed by atoms with Gasteiger partial charge in [0.2, 0.25) is 11.8 Å². The number of piperazine rings is 1. The molecular weight excluding hydrogens is 314 g/mol. The number of carbonyl (C=O) groups excluding carboxylic acids is 2. The van der Waals surface area contributed by atoms with Crippen LogP contribution in [-0.2, 0) is 16.0 Å². The highest BCUT2D eigenvalue weighted by Gasteiger charge is 2.34. The Balaban J connectivity index is 1.39. The number of hydrogen-bond donors (Lipinski definition) is 1. The molecule has 0 spiro atoms. The second-order valence-corrected chi connectivity index (χ2v) is 7.25. The quantitative estimate of drug-likeness (QED) is 0.887. The lowest BCUT2D eigenvalue weighted by molar-refractivity contribution is -0.142. The standard InChI is InChI=1S/C20H29N3O2/c21-18-10-5-9-17(18)20(25)23-14-12-22(13-15-23)19(24)11-4-8-16-6-2-1-3-7-16/h1-3,6-7,17-18H,4-5,8-15,21H2/t17-,18-/m0/s1. The fourth-order valence-electron chi connectivity index (χ4n) is 3.95. The minimum atomic E-state index is -0.00637. The van der Waals surface area contributed by atoms with Gasteiger partial charge in [0, 0.05) is 38.6 Å². The lowest BCUT2D eigenvalue weighted by Crippen LogP contribution is -2.53. The average Bonchev–Trinajstić information content (AvgIpc) is 3.08. The van der Waals surface area contributed by atoms with Gasteiger partial charge in [0.15, 0.2) is 0 Å². The maximum Gasteiger partial charge on any atom is 0.227 e. The zero-order valence-corrected chi connectivity index (χ0v) is 14.9. The van der Waals surface area contributed by atoms with E-state index in [1.54, 1.807) is 0 Å². The van der Waals surface area contributed by atoms with Crippen LogP contribution in [0.3, 0.4) is 0 Å². The van der Waals surface area contributed by atoms with Crippen molar-refractivity contribution in [3.63, 3.8) is 0 Å². The molecule has 2 N–H and O–H groups in total. The third-order valence-corrected chi connectivity index (χ3v) is 5.53. The minimum absolute atomic E-state index is 0.00637. The van der Waals surface area contributed by atoms with Gasteiger partial charge in [0.25, 0.3) is 0 Å². The van der Waals surface area contributed by atoms with E-state index in [0.29, 0.717) is 32.6 Å². The van der Waals surface area contributed by atoms with Crippen molar-refractivity contribution in [1.82, 2.24) is 9.80 Å². The molecule has 1 aromatic carbocycles. The summed E-state index contributed by atoms with van der Waals surface area (Å²) >= 11 is 0. The maximum atomic E-state index is 12.6. The molecule has 2 aliphatic rings. The smallest absolute Gasteiger partial charge is 0.227 e. The van der Waals surface area contributed by atoms with Crippen molar-refractivity contribution in [3.8, 4) is 0 Å². The first-order chi connectivity index (χ1) is 12.1. The summed E-state index contributed by atoms with van der Waals surface area (Å²) in [6, 6.07) is 10.3. The van der Waals surface area contributed by atoms with Gasteiger partial charge < -0.3 is 15.5 Å². The van der Waals surface area contributed by atoms with Crippen molar-refractivity contribution in [3.05, 3.63) is 35.9 Å². The van der Waals surface area contributed by atoms with Crippen molar-refractivity contribution in [2.24, 2.45) is 11.7 Å². The molecule has 1 aliphatic heterocycles. The van der Waals surface area contributed by atoms with Gasteiger partial charge in [-0.1, -0.05) is 36.8 Å². The van der Waals surface area contributed by atoms with Crippen molar-refractivity contribution >= 4 is 11.8 Å². The summed E-state index contributed by atoms with van der Waals surface area (Å²) in [5.74, 6) is 0.398. The van der Waals surface area contributed by atoms with Crippen LogP contribution >= 0.6 is 0 Å². The Morgan fingerprint density at radius 2 is 1.68 bits per heavy atom. The van der Waals surface area contributed by atoms with Crippen LogP contribution in [-0.4, -0.2) is 53.8 Å². The third-order valence-electron chi connectivity index (χ3n) is 5.53. The van der Waals surface area contributed by atoms with E-state index in [-0.39, 0.29) is 23.8 Å². The number of hydrogen-bond acceptors (Lipinski definition) is 3. The zero-order chi connectivity index (χ0) is 17.6. The Kier molecular flexibility index (Phi) is 6.08. The molecular formula is C20H29N3O2. The van der Waals surface area contributed by atoms with Gasteiger partial charge in [0.1, 0.15) is 0 Å². The van der Waals surface area contributed by atoms with Crippen LogP contribution in [0.15, 0.2) is 30.3 Å².